The number of nitrogens with two attached hydrogens (primary N) is 1. The molecule has 0 amide bonds. The van der Waals surface area contributed by atoms with Crippen molar-refractivity contribution in [3.63, 3.8) is 0 Å². The summed E-state index contributed by atoms with van der Waals surface area (Å²) < 4.78 is 0. The molecule has 92 valence electrons. The van der Waals surface area contributed by atoms with Crippen LogP contribution in [-0.2, 0) is 6.42 Å². The van der Waals surface area contributed by atoms with Gasteiger partial charge in [-0.05, 0) is 30.0 Å². The second-order valence-electron chi connectivity index (χ2n) is 5.03. The third-order valence-electron chi connectivity index (χ3n) is 3.40. The van der Waals surface area contributed by atoms with Crippen molar-refractivity contribution in [2.75, 3.05) is 17.2 Å². The highest BCUT2D eigenvalue weighted by Gasteiger charge is 2.22. The zero-order valence-electron chi connectivity index (χ0n) is 10.5. The number of anilines is 3. The van der Waals surface area contributed by atoms with E-state index < -0.39 is 0 Å². The summed E-state index contributed by atoms with van der Waals surface area (Å²) in [5.41, 5.74) is 10.3. The van der Waals surface area contributed by atoms with Crippen LogP contribution in [0.5, 0.6) is 0 Å². The van der Waals surface area contributed by atoms with Crippen LogP contribution in [0.3, 0.4) is 0 Å². The van der Waals surface area contributed by atoms with E-state index >= 15 is 0 Å². The monoisotopic (exact) mass is 239 g/mol. The Bertz CT molecular complexity index is 565. The van der Waals surface area contributed by atoms with Crippen molar-refractivity contribution in [1.82, 2.24) is 4.98 Å². The van der Waals surface area contributed by atoms with Crippen LogP contribution in [0.15, 0.2) is 42.7 Å². The fourth-order valence-corrected chi connectivity index (χ4v) is 2.63. The van der Waals surface area contributed by atoms with E-state index in [1.54, 1.807) is 6.20 Å². The molecule has 3 heteroatoms. The Morgan fingerprint density at radius 1 is 1.28 bits per heavy atom. The summed E-state index contributed by atoms with van der Waals surface area (Å²) in [6.07, 6.45) is 4.70. The molecule has 2 aromatic rings. The number of hydrogen-bond acceptors (Lipinski definition) is 3. The van der Waals surface area contributed by atoms with E-state index in [4.69, 9.17) is 5.73 Å². The van der Waals surface area contributed by atoms with Gasteiger partial charge in [0.1, 0.15) is 0 Å². The van der Waals surface area contributed by atoms with Gasteiger partial charge in [-0.25, -0.2) is 0 Å². The number of para-hydroxylation sites is 1. The van der Waals surface area contributed by atoms with Gasteiger partial charge in [0.05, 0.1) is 17.6 Å². The maximum atomic E-state index is 5.83. The van der Waals surface area contributed by atoms with Crippen molar-refractivity contribution in [2.45, 2.75) is 13.3 Å². The van der Waals surface area contributed by atoms with Crippen LogP contribution in [0.4, 0.5) is 17.1 Å². The lowest BCUT2D eigenvalue weighted by Crippen LogP contribution is -2.30. The number of rotatable bonds is 1. The van der Waals surface area contributed by atoms with Gasteiger partial charge >= 0.3 is 0 Å². The summed E-state index contributed by atoms with van der Waals surface area (Å²) in [6.45, 7) is 3.30. The highest BCUT2D eigenvalue weighted by Crippen LogP contribution is 2.35. The molecular formula is C15H17N3. The lowest BCUT2D eigenvalue weighted by atomic mass is 9.93. The first-order chi connectivity index (χ1) is 8.74. The van der Waals surface area contributed by atoms with Gasteiger partial charge in [-0.2, -0.15) is 0 Å². The zero-order chi connectivity index (χ0) is 12.5. The van der Waals surface area contributed by atoms with Crippen LogP contribution >= 0.6 is 0 Å². The topological polar surface area (TPSA) is 42.2 Å². The number of fused-ring (bicyclic) bond motifs is 1. The molecular weight excluding hydrogens is 222 g/mol. The van der Waals surface area contributed by atoms with Gasteiger partial charge in [0.25, 0.3) is 0 Å². The minimum absolute atomic E-state index is 0.640. The predicted molar refractivity (Wildman–Crippen MR) is 75.0 cm³/mol. The van der Waals surface area contributed by atoms with Gasteiger partial charge in [-0.3, -0.25) is 4.98 Å². The Morgan fingerprint density at radius 2 is 2.11 bits per heavy atom. The molecule has 1 aromatic heterocycles. The minimum Gasteiger partial charge on any atom is -0.397 e. The molecule has 3 nitrogen and oxygen atoms in total. The first kappa shape index (κ1) is 11.1. The second-order valence-corrected chi connectivity index (χ2v) is 5.03. The van der Waals surface area contributed by atoms with Crippen molar-refractivity contribution in [2.24, 2.45) is 5.92 Å². The molecule has 1 unspecified atom stereocenters. The zero-order valence-corrected chi connectivity index (χ0v) is 10.5. The molecule has 1 aromatic carbocycles. The second kappa shape index (κ2) is 4.33. The Balaban J connectivity index is 2.07. The van der Waals surface area contributed by atoms with Crippen LogP contribution in [0.2, 0.25) is 0 Å². The molecule has 0 aliphatic carbocycles. The molecule has 2 heterocycles. The minimum atomic E-state index is 0.640. The van der Waals surface area contributed by atoms with Crippen molar-refractivity contribution in [3.05, 3.63) is 48.3 Å². The van der Waals surface area contributed by atoms with Crippen LogP contribution in [0.25, 0.3) is 0 Å². The molecule has 2 N–H and O–H groups in total. The highest BCUT2D eigenvalue weighted by molar-refractivity contribution is 5.69. The van der Waals surface area contributed by atoms with Gasteiger partial charge in [0.15, 0.2) is 0 Å². The largest absolute Gasteiger partial charge is 0.397 e. The number of nitrogen functional groups attached to an aromatic ring is 1. The molecule has 3 rings (SSSR count). The van der Waals surface area contributed by atoms with Gasteiger partial charge in [-0.15, -0.1) is 0 Å². The molecule has 1 aliphatic rings. The van der Waals surface area contributed by atoms with Crippen molar-refractivity contribution in [1.29, 1.82) is 0 Å². The maximum absolute atomic E-state index is 5.83. The van der Waals surface area contributed by atoms with Crippen molar-refractivity contribution >= 4 is 17.1 Å². The lowest BCUT2D eigenvalue weighted by Gasteiger charge is -2.34. The summed E-state index contributed by atoms with van der Waals surface area (Å²) in [6, 6.07) is 10.6. The summed E-state index contributed by atoms with van der Waals surface area (Å²) >= 11 is 0. The quantitative estimate of drug-likeness (QED) is 0.831. The molecule has 18 heavy (non-hydrogen) atoms. The third-order valence-corrected chi connectivity index (χ3v) is 3.40. The summed E-state index contributed by atoms with van der Waals surface area (Å²) in [5, 5.41) is 0. The average Bonchev–Trinajstić information content (AvgIpc) is 2.37. The highest BCUT2D eigenvalue weighted by atomic mass is 15.2. The summed E-state index contributed by atoms with van der Waals surface area (Å²) in [5.74, 6) is 0.640. The first-order valence-corrected chi connectivity index (χ1v) is 6.30. The van der Waals surface area contributed by atoms with E-state index in [9.17, 15) is 0 Å². The van der Waals surface area contributed by atoms with Crippen molar-refractivity contribution in [3.8, 4) is 0 Å². The number of hydrogen-bond donors (Lipinski definition) is 1. The molecule has 0 spiro atoms. The fourth-order valence-electron chi connectivity index (χ4n) is 2.63. The van der Waals surface area contributed by atoms with E-state index in [-0.39, 0.29) is 0 Å². The number of aromatic nitrogens is 1. The van der Waals surface area contributed by atoms with Gasteiger partial charge in [0, 0.05) is 18.4 Å². The first-order valence-electron chi connectivity index (χ1n) is 6.30. The Hall–Kier alpha value is -2.03. The van der Waals surface area contributed by atoms with Crippen LogP contribution in [0, 0.1) is 5.92 Å². The van der Waals surface area contributed by atoms with E-state index in [1.165, 1.54) is 11.3 Å². The molecule has 0 saturated heterocycles. The lowest BCUT2D eigenvalue weighted by molar-refractivity contribution is 0.562. The maximum Gasteiger partial charge on any atom is 0.0618 e. The van der Waals surface area contributed by atoms with Crippen LogP contribution in [0.1, 0.15) is 12.5 Å². The van der Waals surface area contributed by atoms with E-state index in [1.807, 2.05) is 12.3 Å². The van der Waals surface area contributed by atoms with Crippen LogP contribution in [-0.4, -0.2) is 11.5 Å². The van der Waals surface area contributed by atoms with E-state index in [2.05, 4.69) is 41.1 Å². The molecule has 0 bridgehead atoms. The smallest absolute Gasteiger partial charge is 0.0618 e. The summed E-state index contributed by atoms with van der Waals surface area (Å²) in [7, 11) is 0. The predicted octanol–water partition coefficient (Wildman–Crippen LogP) is 2.99. The molecule has 1 aliphatic heterocycles. The number of benzene rings is 1. The SMILES string of the molecule is CC1Cc2ccccc2N(c2cncc(N)c2)C1. The average molecular weight is 239 g/mol. The van der Waals surface area contributed by atoms with Gasteiger partial charge in [0.2, 0.25) is 0 Å². The Kier molecular flexibility index (Phi) is 2.67. The molecule has 0 fully saturated rings. The molecule has 1 atom stereocenters. The van der Waals surface area contributed by atoms with E-state index in [0.29, 0.717) is 11.6 Å². The number of nitrogens with zero attached hydrogens (tertiary/aromatic N) is 2. The molecule has 0 saturated carbocycles. The molecule has 0 radical (unpaired) electrons. The third kappa shape index (κ3) is 1.92. The Morgan fingerprint density at radius 3 is 2.94 bits per heavy atom. The summed E-state index contributed by atoms with van der Waals surface area (Å²) in [4.78, 5) is 6.50. The normalized spacial score (nSPS) is 18.5. The van der Waals surface area contributed by atoms with Gasteiger partial charge < -0.3 is 10.6 Å². The standard InChI is InChI=1S/C15H17N3/c1-11-6-12-4-2-3-5-15(12)18(10-11)14-7-13(16)8-17-9-14/h2-5,7-9,11H,6,10,16H2,1H3. The van der Waals surface area contributed by atoms with Crippen LogP contribution < -0.4 is 10.6 Å². The number of pyridine rings is 1. The Labute approximate surface area is 107 Å². The fraction of sp³-hybridized carbons (Fsp3) is 0.267. The van der Waals surface area contributed by atoms with E-state index in [0.717, 1.165) is 18.7 Å². The van der Waals surface area contributed by atoms with Crippen molar-refractivity contribution < 1.29 is 0 Å². The van der Waals surface area contributed by atoms with Gasteiger partial charge in [-0.1, -0.05) is 25.1 Å².